The number of ether oxygens (including phenoxy) is 2. The lowest BCUT2D eigenvalue weighted by atomic mass is 9.81. The lowest BCUT2D eigenvalue weighted by Crippen LogP contribution is -2.39. The third kappa shape index (κ3) is 4.05. The molecule has 4 nitrogen and oxygen atoms in total. The molecule has 1 saturated carbocycles. The van der Waals surface area contributed by atoms with Gasteiger partial charge in [0, 0.05) is 10.6 Å². The van der Waals surface area contributed by atoms with Crippen molar-refractivity contribution in [3.8, 4) is 0 Å². The fourth-order valence-electron chi connectivity index (χ4n) is 3.62. The number of halogens is 5. The number of aryl methyl sites for hydroxylation is 1. The number of aliphatic hydroxyl groups excluding tert-OH is 1. The maximum absolute atomic E-state index is 12.5. The molecular formula is C18H17Cl2F3O4. The van der Waals surface area contributed by atoms with Crippen molar-refractivity contribution in [1.82, 2.24) is 0 Å². The zero-order valence-corrected chi connectivity index (χ0v) is 15.8. The lowest BCUT2D eigenvalue weighted by Gasteiger charge is -2.35. The van der Waals surface area contributed by atoms with Crippen LogP contribution in [0.4, 0.5) is 13.2 Å². The Morgan fingerprint density at radius 1 is 1.30 bits per heavy atom. The van der Waals surface area contributed by atoms with E-state index in [4.69, 9.17) is 32.7 Å². The summed E-state index contributed by atoms with van der Waals surface area (Å²) < 4.78 is 47.2. The Bertz CT molecular complexity index is 773. The van der Waals surface area contributed by atoms with E-state index < -0.39 is 30.5 Å². The highest BCUT2D eigenvalue weighted by Crippen LogP contribution is 2.47. The van der Waals surface area contributed by atoms with Crippen molar-refractivity contribution < 1.29 is 32.5 Å². The summed E-state index contributed by atoms with van der Waals surface area (Å²) in [4.78, 5) is 12.5. The maximum atomic E-state index is 12.5. The summed E-state index contributed by atoms with van der Waals surface area (Å²) in [6.07, 6.45) is -4.20. The third-order valence-corrected chi connectivity index (χ3v) is 5.40. The van der Waals surface area contributed by atoms with Crippen LogP contribution in [0.25, 0.3) is 5.57 Å². The van der Waals surface area contributed by atoms with E-state index in [9.17, 15) is 23.1 Å². The summed E-state index contributed by atoms with van der Waals surface area (Å²) in [6.45, 7) is 0.380. The van der Waals surface area contributed by atoms with E-state index in [1.165, 1.54) is 6.07 Å². The second-order valence-corrected chi connectivity index (χ2v) is 7.66. The Kier molecular flexibility index (Phi) is 5.40. The molecule has 1 aliphatic carbocycles. The number of carbonyl (C=O) groups is 1. The van der Waals surface area contributed by atoms with Crippen LogP contribution < -0.4 is 0 Å². The van der Waals surface area contributed by atoms with Crippen molar-refractivity contribution >= 4 is 34.7 Å². The van der Waals surface area contributed by atoms with Crippen LogP contribution in [0.5, 0.6) is 0 Å². The molecule has 0 unspecified atom stereocenters. The fraction of sp³-hybridized carbons (Fsp3) is 0.500. The van der Waals surface area contributed by atoms with Gasteiger partial charge >= 0.3 is 12.1 Å². The average molecular weight is 425 g/mol. The van der Waals surface area contributed by atoms with Crippen molar-refractivity contribution in [2.24, 2.45) is 0 Å². The molecule has 148 valence electrons. The van der Waals surface area contributed by atoms with Crippen molar-refractivity contribution in [2.45, 2.75) is 50.5 Å². The van der Waals surface area contributed by atoms with Crippen LogP contribution in [0, 0.1) is 6.92 Å². The second kappa shape index (κ2) is 7.18. The van der Waals surface area contributed by atoms with Gasteiger partial charge in [-0.1, -0.05) is 23.2 Å². The smallest absolute Gasteiger partial charge is 0.411 e. The van der Waals surface area contributed by atoms with Gasteiger partial charge in [-0.3, -0.25) is 0 Å². The summed E-state index contributed by atoms with van der Waals surface area (Å²) in [5, 5.41) is 11.4. The average Bonchev–Trinajstić information content (AvgIpc) is 2.77. The quantitative estimate of drug-likeness (QED) is 0.660. The highest BCUT2D eigenvalue weighted by Gasteiger charge is 2.51. The molecule has 1 fully saturated rings. The number of esters is 1. The van der Waals surface area contributed by atoms with Gasteiger partial charge in [-0.05, 0) is 50.3 Å². The first-order chi connectivity index (χ1) is 12.5. The van der Waals surface area contributed by atoms with Gasteiger partial charge in [0.2, 0.25) is 0 Å². The molecule has 0 radical (unpaired) electrons. The molecule has 0 atom stereocenters. The Hall–Kier alpha value is -1.44. The molecule has 2 aliphatic rings. The van der Waals surface area contributed by atoms with Crippen LogP contribution in [-0.2, 0) is 14.3 Å². The number of hydrogen-bond donors (Lipinski definition) is 1. The van der Waals surface area contributed by atoms with Crippen LogP contribution >= 0.6 is 23.2 Å². The van der Waals surface area contributed by atoms with Crippen molar-refractivity contribution in [3.63, 3.8) is 0 Å². The molecule has 27 heavy (non-hydrogen) atoms. The van der Waals surface area contributed by atoms with Crippen LogP contribution in [0.3, 0.4) is 0 Å². The normalized spacial score (nSPS) is 26.0. The van der Waals surface area contributed by atoms with E-state index >= 15 is 0 Å². The molecule has 9 heteroatoms. The van der Waals surface area contributed by atoms with Gasteiger partial charge in [-0.15, -0.1) is 0 Å². The minimum atomic E-state index is -4.40. The molecule has 1 heterocycles. The first-order valence-electron chi connectivity index (χ1n) is 8.34. The monoisotopic (exact) mass is 424 g/mol. The van der Waals surface area contributed by atoms with Crippen LogP contribution in [0.15, 0.2) is 17.9 Å². The Morgan fingerprint density at radius 2 is 1.93 bits per heavy atom. The maximum Gasteiger partial charge on any atom is 0.411 e. The fourth-order valence-corrected chi connectivity index (χ4v) is 4.31. The van der Waals surface area contributed by atoms with E-state index in [0.717, 1.165) is 0 Å². The number of benzene rings is 1. The Balaban J connectivity index is 1.83. The molecule has 1 N–H and O–H groups in total. The number of rotatable bonds is 3. The summed E-state index contributed by atoms with van der Waals surface area (Å²) >= 11 is 12.2. The molecular weight excluding hydrogens is 408 g/mol. The van der Waals surface area contributed by atoms with Gasteiger partial charge < -0.3 is 14.6 Å². The van der Waals surface area contributed by atoms with E-state index in [2.05, 4.69) is 0 Å². The molecule has 1 aromatic rings. The number of aliphatic hydroxyl groups is 1. The molecule has 3 rings (SSSR count). The van der Waals surface area contributed by atoms with E-state index in [-0.39, 0.29) is 42.0 Å². The van der Waals surface area contributed by atoms with E-state index in [1.807, 2.05) is 0 Å². The summed E-state index contributed by atoms with van der Waals surface area (Å²) in [6, 6.07) is 3.08. The summed E-state index contributed by atoms with van der Waals surface area (Å²) in [5.74, 6) is -0.955. The van der Waals surface area contributed by atoms with Crippen molar-refractivity contribution in [2.75, 3.05) is 6.61 Å². The highest BCUT2D eigenvalue weighted by molar-refractivity contribution is 6.37. The zero-order valence-electron chi connectivity index (χ0n) is 14.3. The standard InChI is InChI=1S/C18H17Cl2F3O4/c1-9-6-10(19)7-12(20)13(9)14-15(24)17(27-16(14)25)4-2-11(3-5-17)26-8-18(21,22)23/h6-7,11,24H,2-5,8H2,1H3. The summed E-state index contributed by atoms with van der Waals surface area (Å²) in [7, 11) is 0. The molecule has 1 aromatic carbocycles. The van der Waals surface area contributed by atoms with Gasteiger partial charge in [-0.25, -0.2) is 4.79 Å². The molecule has 0 saturated heterocycles. The number of carbonyl (C=O) groups excluding carboxylic acids is 1. The largest absolute Gasteiger partial charge is 0.507 e. The Labute approximate surface area is 163 Å². The first-order valence-corrected chi connectivity index (χ1v) is 9.09. The van der Waals surface area contributed by atoms with Gasteiger partial charge in [-0.2, -0.15) is 13.2 Å². The van der Waals surface area contributed by atoms with E-state index in [1.54, 1.807) is 13.0 Å². The molecule has 0 aromatic heterocycles. The van der Waals surface area contributed by atoms with Crippen LogP contribution in [-0.4, -0.2) is 35.6 Å². The topological polar surface area (TPSA) is 55.8 Å². The van der Waals surface area contributed by atoms with Crippen molar-refractivity contribution in [1.29, 1.82) is 0 Å². The SMILES string of the molecule is Cc1cc(Cl)cc(Cl)c1C1=C(O)C2(CCC(OCC(F)(F)F)CC2)OC1=O. The minimum Gasteiger partial charge on any atom is -0.507 e. The van der Waals surface area contributed by atoms with Gasteiger partial charge in [0.15, 0.2) is 11.4 Å². The predicted octanol–water partition coefficient (Wildman–Crippen LogP) is 5.39. The third-order valence-electron chi connectivity index (χ3n) is 4.89. The predicted molar refractivity (Wildman–Crippen MR) is 93.8 cm³/mol. The van der Waals surface area contributed by atoms with Gasteiger partial charge in [0.05, 0.1) is 11.1 Å². The summed E-state index contributed by atoms with van der Waals surface area (Å²) in [5.41, 5.74) is -0.329. The van der Waals surface area contributed by atoms with Crippen molar-refractivity contribution in [3.05, 3.63) is 39.1 Å². The Morgan fingerprint density at radius 3 is 2.48 bits per heavy atom. The lowest BCUT2D eigenvalue weighted by molar-refractivity contribution is -0.192. The minimum absolute atomic E-state index is 0.0242. The van der Waals surface area contributed by atoms with Crippen LogP contribution in [0.1, 0.15) is 36.8 Å². The number of alkyl halides is 3. The molecule has 0 amide bonds. The van der Waals surface area contributed by atoms with Gasteiger partial charge in [0.1, 0.15) is 12.2 Å². The first kappa shape index (κ1) is 20.3. The highest BCUT2D eigenvalue weighted by atomic mass is 35.5. The molecule has 0 bridgehead atoms. The van der Waals surface area contributed by atoms with Crippen LogP contribution in [0.2, 0.25) is 10.0 Å². The van der Waals surface area contributed by atoms with Gasteiger partial charge in [0.25, 0.3) is 0 Å². The molecule has 1 spiro atoms. The second-order valence-electron chi connectivity index (χ2n) is 6.81. The van der Waals surface area contributed by atoms with E-state index in [0.29, 0.717) is 16.1 Å². The zero-order chi connectivity index (χ0) is 20.0. The molecule has 1 aliphatic heterocycles. The number of hydrogen-bond acceptors (Lipinski definition) is 4.